The van der Waals surface area contributed by atoms with Gasteiger partial charge in [-0.3, -0.25) is 10.1 Å². The Kier molecular flexibility index (Phi) is 5.43. The van der Waals surface area contributed by atoms with Gasteiger partial charge in [0.15, 0.2) is 11.8 Å². The van der Waals surface area contributed by atoms with Crippen LogP contribution in [0.1, 0.15) is 43.4 Å². The van der Waals surface area contributed by atoms with Crippen molar-refractivity contribution < 1.29 is 0 Å². The monoisotopic (exact) mass is 289 g/mol. The molecule has 7 nitrogen and oxygen atoms in total. The Morgan fingerprint density at radius 3 is 2.71 bits per heavy atom. The molecule has 1 fully saturated rings. The average Bonchev–Trinajstić information content (AvgIpc) is 2.70. The normalized spacial score (nSPS) is 16.5. The van der Waals surface area contributed by atoms with Crippen molar-refractivity contribution in [3.8, 4) is 6.07 Å². The molecule has 7 heteroatoms. The Labute approximate surface area is 125 Å². The summed E-state index contributed by atoms with van der Waals surface area (Å²) in [7, 11) is 0. The number of aliphatic imine (C=N–C) groups is 1. The highest BCUT2D eigenvalue weighted by Gasteiger charge is 2.11. The lowest BCUT2D eigenvalue weighted by Crippen LogP contribution is -2.38. The van der Waals surface area contributed by atoms with Gasteiger partial charge in [-0.1, -0.05) is 12.8 Å². The molecule has 21 heavy (non-hydrogen) atoms. The largest absolute Gasteiger partial charge is 0.381 e. The van der Waals surface area contributed by atoms with Crippen molar-refractivity contribution >= 4 is 11.8 Å². The second-order valence-electron chi connectivity index (χ2n) is 5.32. The van der Waals surface area contributed by atoms with Crippen molar-refractivity contribution in [2.75, 3.05) is 25.4 Å². The number of guanidine groups is 1. The average molecular weight is 289 g/mol. The number of aromatic amines is 1. The Balaban J connectivity index is 1.80. The van der Waals surface area contributed by atoms with E-state index in [4.69, 9.17) is 16.7 Å². The molecule has 0 atom stereocenters. The van der Waals surface area contributed by atoms with E-state index in [-0.39, 0.29) is 5.82 Å². The van der Waals surface area contributed by atoms with Crippen LogP contribution in [-0.4, -0.2) is 40.7 Å². The fraction of sp³-hybridized carbons (Fsp3) is 0.643. The van der Waals surface area contributed by atoms with Crippen molar-refractivity contribution in [2.24, 2.45) is 10.7 Å². The molecule has 1 aliphatic rings. The van der Waals surface area contributed by atoms with Crippen LogP contribution in [0.4, 0.5) is 5.82 Å². The van der Waals surface area contributed by atoms with Gasteiger partial charge in [0.25, 0.3) is 0 Å². The minimum absolute atomic E-state index is 0.264. The van der Waals surface area contributed by atoms with Crippen LogP contribution in [0.15, 0.2) is 4.99 Å². The van der Waals surface area contributed by atoms with E-state index < -0.39 is 0 Å². The smallest absolute Gasteiger partial charge is 0.191 e. The SMILES string of the molecule is N#Cc1c(N)n[nH]c1CCCN=C(N)N1CCCCCC1. The lowest BCUT2D eigenvalue weighted by molar-refractivity contribution is 0.428. The standard InChI is InChI=1S/C14H23N7/c15-10-11-12(19-20-13(11)16)6-5-7-18-14(17)21-8-3-1-2-4-9-21/h1-9H2,(H2,17,18)(H3,16,19,20). The van der Waals surface area contributed by atoms with Crippen LogP contribution < -0.4 is 11.5 Å². The van der Waals surface area contributed by atoms with Crippen LogP contribution in [-0.2, 0) is 6.42 Å². The van der Waals surface area contributed by atoms with Crippen molar-refractivity contribution in [3.05, 3.63) is 11.3 Å². The Hall–Kier alpha value is -2.23. The molecule has 0 spiro atoms. The summed E-state index contributed by atoms with van der Waals surface area (Å²) in [5.41, 5.74) is 12.9. The second kappa shape index (κ2) is 7.53. The molecule has 0 radical (unpaired) electrons. The molecule has 0 bridgehead atoms. The number of likely N-dealkylation sites (tertiary alicyclic amines) is 1. The Bertz CT molecular complexity index is 518. The van der Waals surface area contributed by atoms with E-state index in [1.807, 2.05) is 0 Å². The molecule has 1 aromatic heterocycles. The number of hydrogen-bond donors (Lipinski definition) is 3. The van der Waals surface area contributed by atoms with Crippen LogP contribution >= 0.6 is 0 Å². The highest BCUT2D eigenvalue weighted by atomic mass is 15.2. The van der Waals surface area contributed by atoms with Crippen molar-refractivity contribution in [1.82, 2.24) is 15.1 Å². The maximum absolute atomic E-state index is 8.99. The first-order valence-corrected chi connectivity index (χ1v) is 7.50. The van der Waals surface area contributed by atoms with Crippen LogP contribution in [0.3, 0.4) is 0 Å². The molecule has 2 heterocycles. The number of aromatic nitrogens is 2. The van der Waals surface area contributed by atoms with Gasteiger partial charge in [0.1, 0.15) is 11.6 Å². The summed E-state index contributed by atoms with van der Waals surface area (Å²) < 4.78 is 0. The maximum atomic E-state index is 8.99. The van der Waals surface area contributed by atoms with E-state index in [1.54, 1.807) is 0 Å². The third-order valence-electron chi connectivity index (χ3n) is 3.77. The third kappa shape index (κ3) is 4.12. The molecule has 1 saturated heterocycles. The maximum Gasteiger partial charge on any atom is 0.191 e. The van der Waals surface area contributed by atoms with E-state index in [0.29, 0.717) is 24.5 Å². The predicted molar refractivity (Wildman–Crippen MR) is 82.6 cm³/mol. The van der Waals surface area contributed by atoms with Gasteiger partial charge in [-0.15, -0.1) is 0 Å². The number of rotatable bonds is 4. The number of nitrogens with one attached hydrogen (secondary N) is 1. The summed E-state index contributed by atoms with van der Waals surface area (Å²) in [6.07, 6.45) is 6.45. The summed E-state index contributed by atoms with van der Waals surface area (Å²) in [5, 5.41) is 15.6. The van der Waals surface area contributed by atoms with Crippen LogP contribution in [0.25, 0.3) is 0 Å². The number of H-pyrrole nitrogens is 1. The summed E-state index contributed by atoms with van der Waals surface area (Å²) in [4.78, 5) is 6.61. The first kappa shape index (κ1) is 15.2. The molecule has 0 unspecified atom stereocenters. The minimum atomic E-state index is 0.264. The quantitative estimate of drug-likeness (QED) is 0.433. The fourth-order valence-corrected chi connectivity index (χ4v) is 2.55. The summed E-state index contributed by atoms with van der Waals surface area (Å²) in [6.45, 7) is 2.65. The topological polar surface area (TPSA) is 120 Å². The van der Waals surface area contributed by atoms with Gasteiger partial charge in [-0.25, -0.2) is 0 Å². The molecule has 0 aromatic carbocycles. The fourth-order valence-electron chi connectivity index (χ4n) is 2.55. The number of nitrogens with two attached hydrogens (primary N) is 2. The van der Waals surface area contributed by atoms with E-state index >= 15 is 0 Å². The number of hydrogen-bond acceptors (Lipinski definition) is 4. The molecule has 1 aromatic rings. The van der Waals surface area contributed by atoms with Gasteiger partial charge >= 0.3 is 0 Å². The first-order chi connectivity index (χ1) is 10.2. The zero-order valence-electron chi connectivity index (χ0n) is 12.3. The first-order valence-electron chi connectivity index (χ1n) is 7.50. The Morgan fingerprint density at radius 1 is 1.33 bits per heavy atom. The molecule has 114 valence electrons. The minimum Gasteiger partial charge on any atom is -0.381 e. The van der Waals surface area contributed by atoms with Gasteiger partial charge in [0.05, 0.1) is 5.69 Å². The highest BCUT2D eigenvalue weighted by molar-refractivity contribution is 5.78. The summed E-state index contributed by atoms with van der Waals surface area (Å²) >= 11 is 0. The molecule has 1 aliphatic heterocycles. The zero-order valence-corrected chi connectivity index (χ0v) is 12.3. The van der Waals surface area contributed by atoms with Gasteiger partial charge in [-0.05, 0) is 25.7 Å². The highest BCUT2D eigenvalue weighted by Crippen LogP contribution is 2.13. The van der Waals surface area contributed by atoms with E-state index in [0.717, 1.165) is 25.2 Å². The van der Waals surface area contributed by atoms with Crippen molar-refractivity contribution in [3.63, 3.8) is 0 Å². The molecule has 0 saturated carbocycles. The van der Waals surface area contributed by atoms with Gasteiger partial charge in [0.2, 0.25) is 0 Å². The Morgan fingerprint density at radius 2 is 2.05 bits per heavy atom. The number of nitrogens with zero attached hydrogens (tertiary/aromatic N) is 4. The van der Waals surface area contributed by atoms with E-state index in [2.05, 4.69) is 26.2 Å². The lowest BCUT2D eigenvalue weighted by Gasteiger charge is -2.21. The van der Waals surface area contributed by atoms with Crippen LogP contribution in [0.2, 0.25) is 0 Å². The van der Waals surface area contributed by atoms with Gasteiger partial charge in [-0.2, -0.15) is 10.4 Å². The molecule has 2 rings (SSSR count). The number of nitriles is 1. The van der Waals surface area contributed by atoms with E-state index in [1.165, 1.54) is 25.7 Å². The van der Waals surface area contributed by atoms with Crippen LogP contribution in [0.5, 0.6) is 0 Å². The van der Waals surface area contributed by atoms with Crippen molar-refractivity contribution in [1.29, 1.82) is 5.26 Å². The molecular weight excluding hydrogens is 266 g/mol. The van der Waals surface area contributed by atoms with Crippen molar-refractivity contribution in [2.45, 2.75) is 38.5 Å². The molecule has 5 N–H and O–H groups in total. The number of anilines is 1. The molecule has 0 amide bonds. The molecule has 0 aliphatic carbocycles. The number of nitrogen functional groups attached to an aromatic ring is 1. The second-order valence-corrected chi connectivity index (χ2v) is 5.32. The predicted octanol–water partition coefficient (Wildman–Crippen LogP) is 0.987. The molecular formula is C14H23N7. The summed E-state index contributed by atoms with van der Waals surface area (Å²) in [6, 6.07) is 2.06. The zero-order chi connectivity index (χ0) is 15.1. The van der Waals surface area contributed by atoms with Crippen LogP contribution in [0, 0.1) is 11.3 Å². The van der Waals surface area contributed by atoms with Gasteiger partial charge < -0.3 is 16.4 Å². The third-order valence-corrected chi connectivity index (χ3v) is 3.77. The lowest BCUT2D eigenvalue weighted by atomic mass is 10.1. The summed E-state index contributed by atoms with van der Waals surface area (Å²) in [5.74, 6) is 0.904. The number of aryl methyl sites for hydroxylation is 1. The van der Waals surface area contributed by atoms with E-state index in [9.17, 15) is 0 Å². The van der Waals surface area contributed by atoms with Gasteiger partial charge in [0, 0.05) is 19.6 Å².